The molecule has 9 nitrogen and oxygen atoms in total. The van der Waals surface area contributed by atoms with E-state index in [2.05, 4.69) is 20.5 Å². The summed E-state index contributed by atoms with van der Waals surface area (Å²) in [5.41, 5.74) is 3.90. The number of aliphatic hydroxyl groups is 1. The molecule has 2 N–H and O–H groups in total. The lowest BCUT2D eigenvalue weighted by molar-refractivity contribution is 0.0622. The highest BCUT2D eigenvalue weighted by Gasteiger charge is 2.37. The number of nitrogens with one attached hydrogen (secondary N) is 1. The lowest BCUT2D eigenvalue weighted by Crippen LogP contribution is -2.52. The van der Waals surface area contributed by atoms with Crippen molar-refractivity contribution in [1.29, 1.82) is 0 Å². The van der Waals surface area contributed by atoms with Crippen molar-refractivity contribution in [2.24, 2.45) is 4.99 Å². The molecule has 0 radical (unpaired) electrons. The van der Waals surface area contributed by atoms with Gasteiger partial charge in [-0.25, -0.2) is 14.1 Å². The van der Waals surface area contributed by atoms with Gasteiger partial charge < -0.3 is 25.0 Å². The SMILES string of the molecule is OC1C(N2CCOCC2)=NC(CCCN[C@@H]2C[C@H]2c2ccc(F)cc2)=CN1c1ccc(-n2ccnn2)cc1. The number of amidine groups is 1. The second-order valence-electron chi connectivity index (χ2n) is 9.89. The van der Waals surface area contributed by atoms with Crippen LogP contribution in [0, 0.1) is 5.82 Å². The molecule has 1 saturated heterocycles. The lowest BCUT2D eigenvalue weighted by Gasteiger charge is -2.38. The van der Waals surface area contributed by atoms with Crippen molar-refractivity contribution in [2.75, 3.05) is 37.7 Å². The van der Waals surface area contributed by atoms with E-state index in [0.717, 1.165) is 42.9 Å². The standard InChI is InChI=1S/C28H32FN7O2/c29-21-5-3-20(4-6-21)25-18-26(25)30-11-1-2-22-19-35(28(37)27(32-22)34-14-16-38-17-15-34)23-7-9-24(10-8-23)36-13-12-31-33-36/h3-10,12-13,19,25-26,28,30,37H,1-2,11,14-18H2/t25-,26+,28?/m0/s1. The fraction of sp³-hybridized carbons (Fsp3) is 0.393. The number of hydrogen-bond acceptors (Lipinski definition) is 8. The van der Waals surface area contributed by atoms with E-state index in [4.69, 9.17) is 9.73 Å². The van der Waals surface area contributed by atoms with Gasteiger partial charge in [-0.05, 0) is 67.8 Å². The number of morpholine rings is 1. The maximum atomic E-state index is 13.2. The molecule has 2 fully saturated rings. The van der Waals surface area contributed by atoms with E-state index < -0.39 is 6.23 Å². The molecule has 10 heteroatoms. The first kappa shape index (κ1) is 24.7. The van der Waals surface area contributed by atoms with Gasteiger partial charge in [0.1, 0.15) is 5.82 Å². The second kappa shape index (κ2) is 11.0. The van der Waals surface area contributed by atoms with Gasteiger partial charge >= 0.3 is 0 Å². The first-order chi connectivity index (χ1) is 18.7. The predicted molar refractivity (Wildman–Crippen MR) is 143 cm³/mol. The summed E-state index contributed by atoms with van der Waals surface area (Å²) in [6.07, 6.45) is 7.31. The molecular formula is C28H32FN7O2. The van der Waals surface area contributed by atoms with E-state index in [-0.39, 0.29) is 5.82 Å². The Hall–Kier alpha value is -3.60. The number of benzene rings is 2. The highest BCUT2D eigenvalue weighted by molar-refractivity contribution is 5.91. The molecule has 1 unspecified atom stereocenters. The molecule has 38 heavy (non-hydrogen) atoms. The highest BCUT2D eigenvalue weighted by atomic mass is 19.1. The van der Waals surface area contributed by atoms with Crippen LogP contribution in [0.15, 0.2) is 77.8 Å². The van der Waals surface area contributed by atoms with Crippen LogP contribution in [0.4, 0.5) is 10.1 Å². The number of aromatic nitrogens is 3. The summed E-state index contributed by atoms with van der Waals surface area (Å²) in [6.45, 7) is 3.53. The van der Waals surface area contributed by atoms with Crippen LogP contribution in [0.5, 0.6) is 0 Å². The zero-order chi connectivity index (χ0) is 25.9. The zero-order valence-electron chi connectivity index (χ0n) is 21.2. The summed E-state index contributed by atoms with van der Waals surface area (Å²) >= 11 is 0. The van der Waals surface area contributed by atoms with Crippen molar-refractivity contribution in [1.82, 2.24) is 25.2 Å². The van der Waals surface area contributed by atoms with Gasteiger partial charge in [0.05, 0.1) is 37.0 Å². The molecule has 0 amide bonds. The summed E-state index contributed by atoms with van der Waals surface area (Å²) in [6, 6.07) is 15.1. The number of nitrogens with zero attached hydrogens (tertiary/aromatic N) is 6. The average Bonchev–Trinajstić information content (AvgIpc) is 3.51. The maximum Gasteiger partial charge on any atom is 0.190 e. The summed E-state index contributed by atoms with van der Waals surface area (Å²) in [5, 5.41) is 22.9. The molecule has 0 bridgehead atoms. The lowest BCUT2D eigenvalue weighted by atomic mass is 10.1. The van der Waals surface area contributed by atoms with Crippen molar-refractivity contribution in [2.45, 2.75) is 37.5 Å². The van der Waals surface area contributed by atoms with Crippen LogP contribution in [0.1, 0.15) is 30.7 Å². The summed E-state index contributed by atoms with van der Waals surface area (Å²) in [4.78, 5) is 8.90. The molecule has 2 aliphatic heterocycles. The Kier molecular flexibility index (Phi) is 7.17. The fourth-order valence-electron chi connectivity index (χ4n) is 5.13. The maximum absolute atomic E-state index is 13.2. The number of allylic oxidation sites excluding steroid dienone is 1. The van der Waals surface area contributed by atoms with E-state index >= 15 is 0 Å². The van der Waals surface area contributed by atoms with Gasteiger partial charge in [0, 0.05) is 36.9 Å². The van der Waals surface area contributed by atoms with Crippen LogP contribution in [0.25, 0.3) is 5.69 Å². The minimum absolute atomic E-state index is 0.193. The highest BCUT2D eigenvalue weighted by Crippen LogP contribution is 2.40. The molecule has 3 heterocycles. The van der Waals surface area contributed by atoms with Crippen LogP contribution >= 0.6 is 0 Å². The fourth-order valence-corrected chi connectivity index (χ4v) is 5.13. The predicted octanol–water partition coefficient (Wildman–Crippen LogP) is 3.04. The number of halogens is 1. The topological polar surface area (TPSA) is 91.0 Å². The molecule has 1 saturated carbocycles. The van der Waals surface area contributed by atoms with E-state index in [0.29, 0.717) is 44.1 Å². The monoisotopic (exact) mass is 517 g/mol. The van der Waals surface area contributed by atoms with Crippen molar-refractivity contribution in [3.8, 4) is 5.69 Å². The van der Waals surface area contributed by atoms with Gasteiger partial charge in [0.15, 0.2) is 12.1 Å². The summed E-state index contributed by atoms with van der Waals surface area (Å²) in [7, 11) is 0. The van der Waals surface area contributed by atoms with Crippen LogP contribution in [-0.2, 0) is 4.74 Å². The number of ether oxygens (including phenoxy) is 1. The van der Waals surface area contributed by atoms with Gasteiger partial charge in [-0.3, -0.25) is 0 Å². The molecular weight excluding hydrogens is 485 g/mol. The Morgan fingerprint density at radius 3 is 2.53 bits per heavy atom. The van der Waals surface area contributed by atoms with E-state index in [1.165, 1.54) is 17.7 Å². The number of anilines is 1. The minimum Gasteiger partial charge on any atom is -0.378 e. The average molecular weight is 518 g/mol. The van der Waals surface area contributed by atoms with E-state index in [1.54, 1.807) is 17.1 Å². The van der Waals surface area contributed by atoms with Gasteiger partial charge in [-0.1, -0.05) is 17.3 Å². The summed E-state index contributed by atoms with van der Waals surface area (Å²) in [5.74, 6) is 0.932. The van der Waals surface area contributed by atoms with E-state index in [1.807, 2.05) is 47.5 Å². The molecule has 6 rings (SSSR count). The molecule has 1 aromatic heterocycles. The third kappa shape index (κ3) is 5.47. The Balaban J connectivity index is 1.12. The Bertz CT molecular complexity index is 1270. The third-order valence-electron chi connectivity index (χ3n) is 7.32. The molecule has 3 aromatic rings. The smallest absolute Gasteiger partial charge is 0.190 e. The quantitative estimate of drug-likeness (QED) is 0.444. The largest absolute Gasteiger partial charge is 0.378 e. The molecule has 1 aliphatic carbocycles. The van der Waals surface area contributed by atoms with Crippen molar-refractivity contribution in [3.63, 3.8) is 0 Å². The Morgan fingerprint density at radius 1 is 1.03 bits per heavy atom. The van der Waals surface area contributed by atoms with Crippen LogP contribution < -0.4 is 10.2 Å². The third-order valence-corrected chi connectivity index (χ3v) is 7.32. The van der Waals surface area contributed by atoms with Crippen molar-refractivity contribution >= 4 is 11.5 Å². The van der Waals surface area contributed by atoms with Gasteiger partial charge in [0.25, 0.3) is 0 Å². The van der Waals surface area contributed by atoms with Crippen LogP contribution in [0.3, 0.4) is 0 Å². The minimum atomic E-state index is -0.880. The first-order valence-electron chi connectivity index (χ1n) is 13.2. The number of hydrogen-bond donors (Lipinski definition) is 2. The number of aliphatic hydroxyl groups excluding tert-OH is 1. The molecule has 3 aliphatic rings. The van der Waals surface area contributed by atoms with Gasteiger partial charge in [0.2, 0.25) is 0 Å². The normalized spacial score (nSPS) is 23.3. The van der Waals surface area contributed by atoms with Crippen LogP contribution in [-0.4, -0.2) is 76.0 Å². The Labute approximate surface area is 221 Å². The number of rotatable bonds is 8. The zero-order valence-corrected chi connectivity index (χ0v) is 21.2. The first-order valence-corrected chi connectivity index (χ1v) is 13.2. The summed E-state index contributed by atoms with van der Waals surface area (Å²) < 4.78 is 20.4. The number of aliphatic imine (C=N–C) groups is 1. The van der Waals surface area contributed by atoms with Gasteiger partial charge in [-0.2, -0.15) is 0 Å². The van der Waals surface area contributed by atoms with E-state index in [9.17, 15) is 9.50 Å². The molecule has 3 atom stereocenters. The molecule has 0 spiro atoms. The van der Waals surface area contributed by atoms with Crippen molar-refractivity contribution < 1.29 is 14.2 Å². The molecule has 198 valence electrons. The van der Waals surface area contributed by atoms with Crippen molar-refractivity contribution in [3.05, 3.63) is 84.2 Å². The van der Waals surface area contributed by atoms with Gasteiger partial charge in [-0.15, -0.1) is 5.10 Å². The molecule has 2 aromatic carbocycles. The second-order valence-corrected chi connectivity index (χ2v) is 9.89. The van der Waals surface area contributed by atoms with Crippen LogP contribution in [0.2, 0.25) is 0 Å². The Morgan fingerprint density at radius 2 is 1.79 bits per heavy atom.